The third-order valence-corrected chi connectivity index (χ3v) is 7.51. The molecule has 164 valence electrons. The summed E-state index contributed by atoms with van der Waals surface area (Å²) in [4.78, 5) is 24.9. The molecule has 0 spiro atoms. The molecule has 1 N–H and O–H groups in total. The first-order valence-corrected chi connectivity index (χ1v) is 11.4. The fraction of sp³-hybridized carbons (Fsp3) is 0.368. The Labute approximate surface area is 188 Å². The first-order chi connectivity index (χ1) is 14.9. The first-order valence-electron chi connectivity index (χ1n) is 9.20. The maximum absolute atomic E-state index is 15.0. The molecule has 3 heterocycles. The van der Waals surface area contributed by atoms with Crippen LogP contribution in [0.2, 0.25) is 0 Å². The van der Waals surface area contributed by atoms with Crippen LogP contribution < -0.4 is 10.1 Å². The fourth-order valence-corrected chi connectivity index (χ4v) is 5.89. The second-order valence-electron chi connectivity index (χ2n) is 7.01. The molecule has 12 heteroatoms. The van der Waals surface area contributed by atoms with Crippen LogP contribution >= 0.6 is 11.8 Å². The van der Waals surface area contributed by atoms with Crippen molar-refractivity contribution in [3.05, 3.63) is 47.4 Å². The molecule has 2 aliphatic heterocycles. The predicted octanol–water partition coefficient (Wildman–Crippen LogP) is 1.93. The molecule has 2 aliphatic rings. The van der Waals surface area contributed by atoms with Crippen molar-refractivity contribution in [3.8, 4) is 5.88 Å². The van der Waals surface area contributed by atoms with Crippen molar-refractivity contribution >= 4 is 44.0 Å². The van der Waals surface area contributed by atoms with E-state index in [-0.39, 0.29) is 29.4 Å². The third-order valence-electron chi connectivity index (χ3n) is 5.27. The number of hydrogen-bond acceptors (Lipinski definition) is 7. The van der Waals surface area contributed by atoms with Crippen LogP contribution in [0, 0.1) is 17.6 Å². The van der Waals surface area contributed by atoms with Crippen LogP contribution in [0.5, 0.6) is 5.88 Å². The zero-order valence-electron chi connectivity index (χ0n) is 16.3. The van der Waals surface area contributed by atoms with Crippen LogP contribution in [0.25, 0.3) is 0 Å². The molecule has 1 saturated heterocycles. The van der Waals surface area contributed by atoms with Gasteiger partial charge < -0.3 is 4.74 Å². The number of fused-ring (bicyclic) bond motifs is 1. The van der Waals surface area contributed by atoms with E-state index >= 15 is 0 Å². The summed E-state index contributed by atoms with van der Waals surface area (Å²) in [6.07, 6.45) is 1.71. The quantitative estimate of drug-likeness (QED) is 0.615. The van der Waals surface area contributed by atoms with Crippen molar-refractivity contribution in [1.82, 2.24) is 9.97 Å². The molecule has 0 aliphatic carbocycles. The summed E-state index contributed by atoms with van der Waals surface area (Å²) in [5.41, 5.74) is -1.33. The summed E-state index contributed by atoms with van der Waals surface area (Å²) >= 11 is 2.70. The van der Waals surface area contributed by atoms with Crippen LogP contribution in [0.3, 0.4) is 0 Å². The van der Waals surface area contributed by atoms with Gasteiger partial charge in [0.15, 0.2) is 0 Å². The number of ether oxygens (including phenoxy) is 2. The van der Waals surface area contributed by atoms with Gasteiger partial charge in [-0.25, -0.2) is 0 Å². The van der Waals surface area contributed by atoms with Crippen LogP contribution in [0.1, 0.15) is 16.1 Å². The number of nitrogens with one attached hydrogen (secondary N) is 1. The number of carbonyl (C=O) groups excluding carboxylic acids is 1. The van der Waals surface area contributed by atoms with E-state index in [1.807, 2.05) is 0 Å². The van der Waals surface area contributed by atoms with Crippen molar-refractivity contribution < 1.29 is 27.4 Å². The van der Waals surface area contributed by atoms with E-state index in [2.05, 4.69) is 20.3 Å². The van der Waals surface area contributed by atoms with E-state index in [1.54, 1.807) is 0 Å². The number of nitrogens with zero attached hydrogens (tertiary/aromatic N) is 3. The number of thioether (sulfide) groups is 1. The van der Waals surface area contributed by atoms with Gasteiger partial charge in [-0.1, -0.05) is 0 Å². The minimum atomic E-state index is -1.25. The Morgan fingerprint density at radius 3 is 2.87 bits per heavy atom. The standard InChI is InChI=1S/C19H18AsF3N4O3S/c1-29-15-6-24-13(5-25-15)17(28)26-9-2-10(16(23)12(22)3-9)19-8-30-14(4-21)11(19)7-31-18(20)27-19/h2-3,5-6,11,14H,4,7-8,20H2,1H3,(H,26,28)/t11-,14-,19-/m1/s1. The van der Waals surface area contributed by atoms with Gasteiger partial charge in [-0.3, -0.25) is 0 Å². The van der Waals surface area contributed by atoms with Gasteiger partial charge >= 0.3 is 177 Å². The molecular weight excluding hydrogens is 496 g/mol. The fourth-order valence-electron chi connectivity index (χ4n) is 3.73. The molecule has 1 fully saturated rings. The molecule has 0 saturated carbocycles. The number of alkyl halides is 1. The van der Waals surface area contributed by atoms with Crippen molar-refractivity contribution in [2.75, 3.05) is 31.5 Å². The Morgan fingerprint density at radius 2 is 2.19 bits per heavy atom. The van der Waals surface area contributed by atoms with Crippen molar-refractivity contribution in [2.45, 2.75) is 11.6 Å². The van der Waals surface area contributed by atoms with E-state index in [0.717, 1.165) is 9.90 Å². The summed E-state index contributed by atoms with van der Waals surface area (Å²) in [6, 6.07) is 2.20. The number of methoxy groups -OCH3 is 1. The van der Waals surface area contributed by atoms with E-state index in [9.17, 15) is 18.0 Å². The Kier molecular flexibility index (Phi) is 6.27. The van der Waals surface area contributed by atoms with Gasteiger partial charge in [-0.2, -0.15) is 0 Å². The molecular formula is C19H18AsF3N4O3S. The molecule has 31 heavy (non-hydrogen) atoms. The molecule has 7 nitrogen and oxygen atoms in total. The Balaban J connectivity index is 1.71. The van der Waals surface area contributed by atoms with Crippen molar-refractivity contribution in [1.29, 1.82) is 0 Å². The molecule has 0 radical (unpaired) electrons. The molecule has 1 aromatic heterocycles. The molecule has 4 atom stereocenters. The summed E-state index contributed by atoms with van der Waals surface area (Å²) in [5, 5.41) is 2.50. The molecule has 1 unspecified atom stereocenters. The number of amides is 1. The maximum atomic E-state index is 15.0. The van der Waals surface area contributed by atoms with Gasteiger partial charge in [0.05, 0.1) is 7.11 Å². The summed E-state index contributed by atoms with van der Waals surface area (Å²) in [7, 11) is 1.41. The zero-order chi connectivity index (χ0) is 22.2. The summed E-state index contributed by atoms with van der Waals surface area (Å²) < 4.78 is 54.2. The van der Waals surface area contributed by atoms with E-state index in [1.165, 1.54) is 54.2 Å². The number of aliphatic imine (C=N–C) groups is 1. The van der Waals surface area contributed by atoms with E-state index in [0.29, 0.717) is 5.75 Å². The second kappa shape index (κ2) is 8.80. The molecule has 2 aromatic rings. The first kappa shape index (κ1) is 22.1. The minimum absolute atomic E-state index is 0.0185. The van der Waals surface area contributed by atoms with Gasteiger partial charge in [0.1, 0.15) is 0 Å². The number of hydrogen-bond donors (Lipinski definition) is 1. The Morgan fingerprint density at radius 1 is 1.39 bits per heavy atom. The topological polar surface area (TPSA) is 85.7 Å². The normalized spacial score (nSPS) is 25.0. The van der Waals surface area contributed by atoms with Crippen LogP contribution in [-0.2, 0) is 10.3 Å². The van der Waals surface area contributed by atoms with Crippen LogP contribution in [0.4, 0.5) is 18.9 Å². The number of rotatable bonds is 5. The summed E-state index contributed by atoms with van der Waals surface area (Å²) in [5.74, 6) is -2.66. The van der Waals surface area contributed by atoms with Gasteiger partial charge in [0.2, 0.25) is 0 Å². The van der Waals surface area contributed by atoms with Crippen molar-refractivity contribution in [2.24, 2.45) is 10.9 Å². The average Bonchev–Trinajstić information content (AvgIpc) is 3.14. The van der Waals surface area contributed by atoms with Gasteiger partial charge in [0, 0.05) is 0 Å². The van der Waals surface area contributed by atoms with Gasteiger partial charge in [0.25, 0.3) is 0 Å². The number of carbonyl (C=O) groups is 1. The molecule has 1 aromatic carbocycles. The van der Waals surface area contributed by atoms with Gasteiger partial charge in [-0.05, 0) is 0 Å². The van der Waals surface area contributed by atoms with E-state index < -0.39 is 41.8 Å². The van der Waals surface area contributed by atoms with Gasteiger partial charge in [-0.15, -0.1) is 0 Å². The Hall–Kier alpha value is -2.10. The average molecular weight is 514 g/mol. The number of aromatic nitrogens is 2. The zero-order valence-corrected chi connectivity index (χ0v) is 19.5. The number of benzene rings is 1. The SMILES string of the molecule is COc1cnc(C(=O)Nc2cc(F)c(F)c([C@]34CO[C@H](CF)[C@H]3CSC([AsH2])=N4)c2)cn1. The second-order valence-corrected chi connectivity index (χ2v) is 10.1. The van der Waals surface area contributed by atoms with Crippen LogP contribution in [0.15, 0.2) is 29.5 Å². The third kappa shape index (κ3) is 4.06. The van der Waals surface area contributed by atoms with E-state index in [4.69, 9.17) is 9.47 Å². The molecule has 4 rings (SSSR count). The Bertz CT molecular complexity index is 1040. The summed E-state index contributed by atoms with van der Waals surface area (Å²) in [6.45, 7) is -0.818. The van der Waals surface area contributed by atoms with Crippen LogP contribution in [-0.4, -0.2) is 68.8 Å². The molecule has 1 amide bonds. The number of halogens is 3. The predicted molar refractivity (Wildman–Crippen MR) is 112 cm³/mol. The number of anilines is 1. The molecule has 0 bridgehead atoms. The monoisotopic (exact) mass is 514 g/mol. The van der Waals surface area contributed by atoms with Crippen molar-refractivity contribution in [3.63, 3.8) is 0 Å².